The first kappa shape index (κ1) is 7.59. The molecule has 0 saturated heterocycles. The minimum absolute atomic E-state index is 0.801. The first-order valence-corrected chi connectivity index (χ1v) is 3.91. The van der Waals surface area contributed by atoms with E-state index in [9.17, 15) is 0 Å². The van der Waals surface area contributed by atoms with E-state index in [2.05, 4.69) is 33.4 Å². The van der Waals surface area contributed by atoms with Gasteiger partial charge in [0.1, 0.15) is 0 Å². The lowest BCUT2D eigenvalue weighted by Gasteiger charge is -1.92. The molecular formula is C10H16. The van der Waals surface area contributed by atoms with Gasteiger partial charge in [0.05, 0.1) is 0 Å². The molecule has 56 valence electrons. The van der Waals surface area contributed by atoms with Crippen molar-refractivity contribution in [3.8, 4) is 0 Å². The van der Waals surface area contributed by atoms with E-state index in [4.69, 9.17) is 0 Å². The molecule has 1 saturated carbocycles. The van der Waals surface area contributed by atoms with Crippen molar-refractivity contribution in [2.45, 2.75) is 27.2 Å². The zero-order valence-electron chi connectivity index (χ0n) is 7.15. The minimum atomic E-state index is 0.801. The molecule has 0 unspecified atom stereocenters. The minimum Gasteiger partial charge on any atom is -0.0998 e. The molecule has 10 heavy (non-hydrogen) atoms. The molecule has 0 radical (unpaired) electrons. The van der Waals surface area contributed by atoms with Gasteiger partial charge in [-0.05, 0) is 39.0 Å². The summed E-state index contributed by atoms with van der Waals surface area (Å²) in [5, 5.41) is 0. The van der Waals surface area contributed by atoms with E-state index in [0.29, 0.717) is 0 Å². The van der Waals surface area contributed by atoms with Crippen LogP contribution in [0.5, 0.6) is 0 Å². The maximum Gasteiger partial charge on any atom is -0.0140 e. The van der Waals surface area contributed by atoms with Crippen LogP contribution < -0.4 is 0 Å². The zero-order chi connectivity index (χ0) is 7.72. The Morgan fingerprint density at radius 2 is 2.00 bits per heavy atom. The molecule has 0 aromatic carbocycles. The molecule has 0 spiro atoms. The van der Waals surface area contributed by atoms with Crippen molar-refractivity contribution in [3.05, 3.63) is 23.8 Å². The second-order valence-corrected chi connectivity index (χ2v) is 3.60. The predicted molar refractivity (Wildman–Crippen MR) is 45.8 cm³/mol. The second-order valence-electron chi connectivity index (χ2n) is 3.60. The molecule has 0 amide bonds. The summed E-state index contributed by atoms with van der Waals surface area (Å²) in [5.74, 6) is 1.62. The van der Waals surface area contributed by atoms with Crippen molar-refractivity contribution < 1.29 is 0 Å². The molecule has 0 heterocycles. The first-order valence-electron chi connectivity index (χ1n) is 3.91. The average molecular weight is 136 g/mol. The zero-order valence-corrected chi connectivity index (χ0v) is 7.15. The van der Waals surface area contributed by atoms with Gasteiger partial charge in [-0.2, -0.15) is 0 Å². The first-order chi connectivity index (χ1) is 4.61. The molecular weight excluding hydrogens is 120 g/mol. The monoisotopic (exact) mass is 136 g/mol. The summed E-state index contributed by atoms with van der Waals surface area (Å²) in [6.07, 6.45) is 3.69. The van der Waals surface area contributed by atoms with E-state index in [-0.39, 0.29) is 0 Å². The van der Waals surface area contributed by atoms with Crippen molar-refractivity contribution in [2.75, 3.05) is 0 Å². The summed E-state index contributed by atoms with van der Waals surface area (Å²) >= 11 is 0. The van der Waals surface area contributed by atoms with Crippen LogP contribution in [0.4, 0.5) is 0 Å². The van der Waals surface area contributed by atoms with Crippen LogP contribution in [-0.4, -0.2) is 0 Å². The molecule has 0 nitrogen and oxygen atoms in total. The highest BCUT2D eigenvalue weighted by Gasteiger charge is 2.34. The standard InChI is InChI=1S/C10H16/c1-7(2)5-9-6-10(9)8(3)4/h5,9-10H,3,6H2,1-2,4H3/t9-,10+/m1/s1. The summed E-state index contributed by atoms with van der Waals surface area (Å²) in [7, 11) is 0. The molecule has 0 heteroatoms. The molecule has 0 N–H and O–H groups in total. The van der Waals surface area contributed by atoms with Crippen LogP contribution in [0.3, 0.4) is 0 Å². The van der Waals surface area contributed by atoms with E-state index in [1.165, 1.54) is 17.6 Å². The van der Waals surface area contributed by atoms with Crippen molar-refractivity contribution >= 4 is 0 Å². The Balaban J connectivity index is 2.40. The molecule has 0 aliphatic heterocycles. The lowest BCUT2D eigenvalue weighted by atomic mass is 10.1. The lowest BCUT2D eigenvalue weighted by Crippen LogP contribution is -1.79. The fourth-order valence-electron chi connectivity index (χ4n) is 1.39. The van der Waals surface area contributed by atoms with Gasteiger partial charge in [-0.15, -0.1) is 0 Å². The Bertz CT molecular complexity index is 170. The topological polar surface area (TPSA) is 0 Å². The van der Waals surface area contributed by atoms with Crippen LogP contribution in [-0.2, 0) is 0 Å². The summed E-state index contributed by atoms with van der Waals surface area (Å²) in [6, 6.07) is 0. The van der Waals surface area contributed by atoms with Crippen LogP contribution >= 0.6 is 0 Å². The van der Waals surface area contributed by atoms with Gasteiger partial charge in [0.15, 0.2) is 0 Å². The van der Waals surface area contributed by atoms with Crippen LogP contribution in [0, 0.1) is 11.8 Å². The Kier molecular flexibility index (Phi) is 1.98. The quantitative estimate of drug-likeness (QED) is 0.511. The molecule has 1 aliphatic carbocycles. The second kappa shape index (κ2) is 2.61. The van der Waals surface area contributed by atoms with Gasteiger partial charge in [0.2, 0.25) is 0 Å². The van der Waals surface area contributed by atoms with Crippen molar-refractivity contribution in [1.29, 1.82) is 0 Å². The van der Waals surface area contributed by atoms with Crippen LogP contribution in [0.2, 0.25) is 0 Å². The molecule has 0 aromatic rings. The molecule has 1 rings (SSSR count). The largest absolute Gasteiger partial charge is 0.0998 e. The third-order valence-electron chi connectivity index (χ3n) is 2.02. The van der Waals surface area contributed by atoms with Gasteiger partial charge in [0, 0.05) is 0 Å². The maximum absolute atomic E-state index is 3.95. The fourth-order valence-corrected chi connectivity index (χ4v) is 1.39. The molecule has 1 fully saturated rings. The van der Waals surface area contributed by atoms with E-state index >= 15 is 0 Å². The molecule has 0 aromatic heterocycles. The summed E-state index contributed by atoms with van der Waals surface area (Å²) in [6.45, 7) is 10.4. The molecule has 2 atom stereocenters. The van der Waals surface area contributed by atoms with E-state index < -0.39 is 0 Å². The van der Waals surface area contributed by atoms with Crippen molar-refractivity contribution in [2.24, 2.45) is 11.8 Å². The number of hydrogen-bond donors (Lipinski definition) is 0. The third-order valence-corrected chi connectivity index (χ3v) is 2.02. The SMILES string of the molecule is C=C(C)[C@@H]1C[C@H]1C=C(C)C. The van der Waals surface area contributed by atoms with Gasteiger partial charge in [-0.1, -0.05) is 23.8 Å². The smallest absolute Gasteiger partial charge is 0.0140 e. The highest BCUT2D eigenvalue weighted by molar-refractivity contribution is 5.17. The number of hydrogen-bond acceptors (Lipinski definition) is 0. The molecule has 0 bridgehead atoms. The third kappa shape index (κ3) is 1.73. The van der Waals surface area contributed by atoms with Crippen molar-refractivity contribution in [3.63, 3.8) is 0 Å². The van der Waals surface area contributed by atoms with Gasteiger partial charge >= 0.3 is 0 Å². The van der Waals surface area contributed by atoms with E-state index in [1.807, 2.05) is 0 Å². The van der Waals surface area contributed by atoms with Crippen LogP contribution in [0.1, 0.15) is 27.2 Å². The van der Waals surface area contributed by atoms with Crippen LogP contribution in [0.25, 0.3) is 0 Å². The highest BCUT2D eigenvalue weighted by Crippen LogP contribution is 2.44. The van der Waals surface area contributed by atoms with E-state index in [0.717, 1.165) is 11.8 Å². The van der Waals surface area contributed by atoms with Gasteiger partial charge in [0.25, 0.3) is 0 Å². The van der Waals surface area contributed by atoms with E-state index in [1.54, 1.807) is 0 Å². The summed E-state index contributed by atoms with van der Waals surface area (Å²) in [4.78, 5) is 0. The summed E-state index contributed by atoms with van der Waals surface area (Å²) < 4.78 is 0. The van der Waals surface area contributed by atoms with Gasteiger partial charge in [-0.3, -0.25) is 0 Å². The Labute approximate surface area is 63.6 Å². The van der Waals surface area contributed by atoms with Crippen LogP contribution in [0.15, 0.2) is 23.8 Å². The normalized spacial score (nSPS) is 29.5. The number of rotatable bonds is 2. The average Bonchev–Trinajstić information content (AvgIpc) is 2.43. The molecule has 1 aliphatic rings. The maximum atomic E-state index is 3.95. The van der Waals surface area contributed by atoms with Crippen molar-refractivity contribution in [1.82, 2.24) is 0 Å². The van der Waals surface area contributed by atoms with Gasteiger partial charge < -0.3 is 0 Å². The lowest BCUT2D eigenvalue weighted by molar-refractivity contribution is 0.921. The Morgan fingerprint density at radius 1 is 1.40 bits per heavy atom. The Hall–Kier alpha value is -0.520. The Morgan fingerprint density at radius 3 is 2.30 bits per heavy atom. The van der Waals surface area contributed by atoms with Gasteiger partial charge in [-0.25, -0.2) is 0 Å². The number of allylic oxidation sites excluding steroid dienone is 3. The fraction of sp³-hybridized carbons (Fsp3) is 0.600. The predicted octanol–water partition coefficient (Wildman–Crippen LogP) is 3.16. The summed E-state index contributed by atoms with van der Waals surface area (Å²) in [5.41, 5.74) is 2.79. The highest BCUT2D eigenvalue weighted by atomic mass is 14.4.